The minimum atomic E-state index is -0.415. The molecule has 46 heavy (non-hydrogen) atoms. The summed E-state index contributed by atoms with van der Waals surface area (Å²) in [4.78, 5) is 23.8. The van der Waals surface area contributed by atoms with Gasteiger partial charge < -0.3 is 20.1 Å². The molecule has 1 amide bonds. The van der Waals surface area contributed by atoms with Gasteiger partial charge >= 0.3 is 0 Å². The number of methoxy groups -OCH3 is 1. The summed E-state index contributed by atoms with van der Waals surface area (Å²) < 4.78 is 25.1. The number of fused-ring (bicyclic) bond motifs is 1. The topological polar surface area (TPSA) is 117 Å². The third-order valence-corrected chi connectivity index (χ3v) is 8.90. The molecular formula is C35H48FN7O3. The fourth-order valence-corrected chi connectivity index (χ4v) is 6.09. The molecule has 248 valence electrons. The number of aromatic nitrogens is 4. The number of carbonyl (C=O) groups excluding carboxylic acids is 1. The average molecular weight is 634 g/mol. The third-order valence-electron chi connectivity index (χ3n) is 8.90. The number of aromatic amines is 1. The van der Waals surface area contributed by atoms with Gasteiger partial charge in [0.2, 0.25) is 5.91 Å². The SMILES string of the molecule is COCCN(CCCOc1ccc2c(Nc3cc(CC(=O)Nc4cccc(F)c4)[nH]n3)ncnc2c1)C(C)(C(C)(C)C)C(C)(C)C. The van der Waals surface area contributed by atoms with E-state index >= 15 is 0 Å². The van der Waals surface area contributed by atoms with Gasteiger partial charge in [-0.05, 0) is 54.5 Å². The summed E-state index contributed by atoms with van der Waals surface area (Å²) >= 11 is 0. The quantitative estimate of drug-likeness (QED) is 0.127. The van der Waals surface area contributed by atoms with Gasteiger partial charge in [-0.2, -0.15) is 5.10 Å². The molecule has 10 nitrogen and oxygen atoms in total. The van der Waals surface area contributed by atoms with E-state index in [2.05, 4.69) is 84.2 Å². The Labute approximate surface area is 271 Å². The minimum Gasteiger partial charge on any atom is -0.493 e. The maximum atomic E-state index is 13.4. The van der Waals surface area contributed by atoms with Crippen molar-refractivity contribution in [2.24, 2.45) is 10.8 Å². The molecule has 11 heteroatoms. The van der Waals surface area contributed by atoms with Gasteiger partial charge in [0.15, 0.2) is 5.82 Å². The van der Waals surface area contributed by atoms with Gasteiger partial charge in [-0.3, -0.25) is 14.8 Å². The second kappa shape index (κ2) is 14.6. The normalized spacial score (nSPS) is 12.5. The molecule has 4 aromatic rings. The number of H-pyrrole nitrogens is 1. The zero-order chi connectivity index (χ0) is 33.5. The summed E-state index contributed by atoms with van der Waals surface area (Å²) in [5.74, 6) is 1.12. The predicted molar refractivity (Wildman–Crippen MR) is 181 cm³/mol. The van der Waals surface area contributed by atoms with E-state index in [1.54, 1.807) is 25.3 Å². The third kappa shape index (κ3) is 8.38. The van der Waals surface area contributed by atoms with Crippen LogP contribution in [0.1, 0.15) is 60.6 Å². The van der Waals surface area contributed by atoms with E-state index in [-0.39, 0.29) is 28.7 Å². The summed E-state index contributed by atoms with van der Waals surface area (Å²) in [5.41, 5.74) is 1.77. The van der Waals surface area contributed by atoms with Crippen LogP contribution in [0.2, 0.25) is 0 Å². The number of halogens is 1. The van der Waals surface area contributed by atoms with Gasteiger partial charge in [-0.15, -0.1) is 0 Å². The van der Waals surface area contributed by atoms with Crippen LogP contribution in [-0.2, 0) is 16.0 Å². The molecule has 0 atom stereocenters. The number of nitrogens with zero attached hydrogens (tertiary/aromatic N) is 4. The molecule has 0 fully saturated rings. The minimum absolute atomic E-state index is 0.0478. The van der Waals surface area contributed by atoms with Crippen molar-refractivity contribution in [2.75, 3.05) is 44.0 Å². The Balaban J connectivity index is 1.36. The number of anilines is 3. The molecule has 0 saturated carbocycles. The monoisotopic (exact) mass is 633 g/mol. The Bertz CT molecular complexity index is 1600. The number of hydrogen-bond donors (Lipinski definition) is 3. The lowest BCUT2D eigenvalue weighted by atomic mass is 9.60. The van der Waals surface area contributed by atoms with Gasteiger partial charge in [0.05, 0.1) is 25.2 Å². The second-order valence-corrected chi connectivity index (χ2v) is 13.8. The van der Waals surface area contributed by atoms with Crippen molar-refractivity contribution in [3.05, 3.63) is 66.4 Å². The highest BCUT2D eigenvalue weighted by atomic mass is 19.1. The van der Waals surface area contributed by atoms with E-state index in [0.29, 0.717) is 36.2 Å². The lowest BCUT2D eigenvalue weighted by Gasteiger charge is -2.58. The Morgan fingerprint density at radius 1 is 0.957 bits per heavy atom. The molecule has 3 N–H and O–H groups in total. The number of hydrogen-bond acceptors (Lipinski definition) is 8. The molecule has 0 aliphatic rings. The van der Waals surface area contributed by atoms with Crippen molar-refractivity contribution in [1.29, 1.82) is 0 Å². The van der Waals surface area contributed by atoms with Crippen molar-refractivity contribution in [3.8, 4) is 5.75 Å². The lowest BCUT2D eigenvalue weighted by Crippen LogP contribution is -2.63. The average Bonchev–Trinajstić information content (AvgIpc) is 3.41. The number of amides is 1. The summed E-state index contributed by atoms with van der Waals surface area (Å²) in [6, 6.07) is 13.2. The summed E-state index contributed by atoms with van der Waals surface area (Å²) in [5, 5.41) is 13.8. The van der Waals surface area contributed by atoms with Crippen LogP contribution in [0.25, 0.3) is 10.9 Å². The van der Waals surface area contributed by atoms with E-state index in [4.69, 9.17) is 9.47 Å². The second-order valence-electron chi connectivity index (χ2n) is 13.8. The Morgan fingerprint density at radius 3 is 2.41 bits per heavy atom. The maximum Gasteiger partial charge on any atom is 0.230 e. The first kappa shape index (κ1) is 34.8. The van der Waals surface area contributed by atoms with Crippen LogP contribution in [0.15, 0.2) is 54.9 Å². The Kier molecular flexibility index (Phi) is 11.0. The predicted octanol–water partition coefficient (Wildman–Crippen LogP) is 6.99. The zero-order valence-electron chi connectivity index (χ0n) is 28.3. The molecule has 2 heterocycles. The summed E-state index contributed by atoms with van der Waals surface area (Å²) in [6.45, 7) is 19.2. The smallest absolute Gasteiger partial charge is 0.230 e. The van der Waals surface area contributed by atoms with Gasteiger partial charge in [0, 0.05) is 54.6 Å². The number of benzene rings is 2. The van der Waals surface area contributed by atoms with E-state index in [1.807, 2.05) is 18.2 Å². The van der Waals surface area contributed by atoms with Crippen molar-refractivity contribution < 1.29 is 18.7 Å². The van der Waals surface area contributed by atoms with Crippen molar-refractivity contribution in [3.63, 3.8) is 0 Å². The highest BCUT2D eigenvalue weighted by Gasteiger charge is 2.50. The largest absolute Gasteiger partial charge is 0.493 e. The first-order chi connectivity index (χ1) is 21.7. The fourth-order valence-electron chi connectivity index (χ4n) is 6.09. The van der Waals surface area contributed by atoms with Gasteiger partial charge in [-0.25, -0.2) is 14.4 Å². The zero-order valence-corrected chi connectivity index (χ0v) is 28.3. The van der Waals surface area contributed by atoms with Crippen LogP contribution in [-0.4, -0.2) is 69.9 Å². The molecule has 0 aliphatic heterocycles. The standard InChI is InChI=1S/C35H48FN7O3/c1-33(2,3)35(7,34(4,5)6)43(16-18-45-8)15-10-17-46-27-13-14-28-29(22-27)37-23-38-32(28)40-30-20-26(41-42-30)21-31(44)39-25-12-9-11-24(36)19-25/h9,11-14,19-20,22-23H,10,15-18,21H2,1-8H3,(H,39,44)(H2,37,38,40,41,42). The van der Waals surface area contributed by atoms with Crippen LogP contribution in [0, 0.1) is 16.6 Å². The molecule has 4 rings (SSSR count). The van der Waals surface area contributed by atoms with Gasteiger partial charge in [0.1, 0.15) is 23.7 Å². The van der Waals surface area contributed by atoms with Crippen molar-refractivity contribution in [2.45, 2.75) is 66.8 Å². The van der Waals surface area contributed by atoms with Crippen molar-refractivity contribution >= 4 is 34.1 Å². The molecule has 2 aromatic heterocycles. The van der Waals surface area contributed by atoms with Crippen LogP contribution in [0.3, 0.4) is 0 Å². The van der Waals surface area contributed by atoms with Crippen LogP contribution < -0.4 is 15.4 Å². The van der Waals surface area contributed by atoms with Gasteiger partial charge in [-0.1, -0.05) is 47.6 Å². The molecule has 0 saturated heterocycles. The molecule has 0 unspecified atom stereocenters. The van der Waals surface area contributed by atoms with E-state index in [0.717, 1.165) is 36.2 Å². The highest BCUT2D eigenvalue weighted by Crippen LogP contribution is 2.48. The van der Waals surface area contributed by atoms with Crippen molar-refractivity contribution in [1.82, 2.24) is 25.1 Å². The summed E-state index contributed by atoms with van der Waals surface area (Å²) in [7, 11) is 1.75. The number of rotatable bonds is 14. The lowest BCUT2D eigenvalue weighted by molar-refractivity contribution is -0.115. The Hall–Kier alpha value is -4.09. The van der Waals surface area contributed by atoms with Gasteiger partial charge in [0.25, 0.3) is 0 Å². The molecule has 0 aliphatic carbocycles. The maximum absolute atomic E-state index is 13.4. The molecular weight excluding hydrogens is 585 g/mol. The van der Waals surface area contributed by atoms with E-state index < -0.39 is 5.82 Å². The summed E-state index contributed by atoms with van der Waals surface area (Å²) in [6.07, 6.45) is 2.40. The van der Waals surface area contributed by atoms with Crippen LogP contribution in [0.5, 0.6) is 5.75 Å². The number of ether oxygens (including phenoxy) is 2. The fraction of sp³-hybridized carbons (Fsp3) is 0.486. The Morgan fingerprint density at radius 2 is 1.72 bits per heavy atom. The number of nitrogens with one attached hydrogen (secondary N) is 3. The molecule has 2 aromatic carbocycles. The van der Waals surface area contributed by atoms with E-state index in [9.17, 15) is 9.18 Å². The van der Waals surface area contributed by atoms with Crippen LogP contribution in [0.4, 0.5) is 21.7 Å². The molecule has 0 radical (unpaired) electrons. The van der Waals surface area contributed by atoms with Crippen LogP contribution >= 0.6 is 0 Å². The number of carbonyl (C=O) groups is 1. The molecule has 0 bridgehead atoms. The highest BCUT2D eigenvalue weighted by molar-refractivity contribution is 5.93. The van der Waals surface area contributed by atoms with E-state index in [1.165, 1.54) is 18.5 Å². The first-order valence-electron chi connectivity index (χ1n) is 15.7. The first-order valence-corrected chi connectivity index (χ1v) is 15.7. The molecule has 0 spiro atoms.